The quantitative estimate of drug-likeness (QED) is 0.286. The highest BCUT2D eigenvalue weighted by Gasteiger charge is 2.50. The minimum atomic E-state index is -3.25. The second-order valence-electron chi connectivity index (χ2n) is 9.53. The van der Waals surface area contributed by atoms with Crippen LogP contribution in [0.2, 0.25) is 0 Å². The van der Waals surface area contributed by atoms with Crippen molar-refractivity contribution in [2.24, 2.45) is 5.73 Å². The average Bonchev–Trinajstić information content (AvgIpc) is 2.77. The Hall–Kier alpha value is -2.58. The fraction of sp³-hybridized carbons (Fsp3) is 0.500. The highest BCUT2D eigenvalue weighted by Crippen LogP contribution is 2.56. The zero-order valence-electron chi connectivity index (χ0n) is 20.1. The molecule has 1 heterocycles. The van der Waals surface area contributed by atoms with Crippen molar-refractivity contribution in [1.29, 1.82) is 5.41 Å². The molecular weight excluding hydrogens is 448 g/mol. The van der Waals surface area contributed by atoms with Crippen LogP contribution in [0, 0.1) is 12.3 Å². The molecule has 8 heteroatoms. The van der Waals surface area contributed by atoms with Crippen LogP contribution in [-0.4, -0.2) is 44.7 Å². The van der Waals surface area contributed by atoms with Crippen LogP contribution in [0.3, 0.4) is 0 Å². The first-order valence-corrected chi connectivity index (χ1v) is 13.8. The molecule has 1 atom stereocenters. The molecule has 0 amide bonds. The van der Waals surface area contributed by atoms with E-state index in [-0.39, 0.29) is 36.3 Å². The zero-order chi connectivity index (χ0) is 24.3. The van der Waals surface area contributed by atoms with Gasteiger partial charge in [0.05, 0.1) is 11.8 Å². The molecule has 1 aliphatic heterocycles. The van der Waals surface area contributed by atoms with E-state index < -0.39 is 10.0 Å². The number of benzene rings is 2. The van der Waals surface area contributed by atoms with E-state index in [0.717, 1.165) is 37.8 Å². The predicted molar refractivity (Wildman–Crippen MR) is 136 cm³/mol. The Bertz CT molecular complexity index is 1130. The zero-order valence-corrected chi connectivity index (χ0v) is 21.0. The average molecular weight is 485 g/mol. The highest BCUT2D eigenvalue weighted by molar-refractivity contribution is 7.89. The molecule has 2 aromatic rings. The van der Waals surface area contributed by atoms with E-state index in [1.165, 1.54) is 16.7 Å². The SMILES string of the molecule is CCCS(=O)(=O)NCCOc1ccc2c(c1)C(C1(c3ccc(C)cc3)CCC1)N(C(=N)N)CC2. The number of aryl methyl sites for hydroxylation is 1. The van der Waals surface area contributed by atoms with Crippen LogP contribution < -0.4 is 15.2 Å². The van der Waals surface area contributed by atoms with E-state index in [9.17, 15) is 8.42 Å². The number of guanidine groups is 1. The van der Waals surface area contributed by atoms with Crippen LogP contribution in [0.25, 0.3) is 0 Å². The molecule has 1 fully saturated rings. The molecule has 4 N–H and O–H groups in total. The third-order valence-electron chi connectivity index (χ3n) is 7.22. The van der Waals surface area contributed by atoms with Gasteiger partial charge in [0.2, 0.25) is 10.0 Å². The molecule has 0 saturated heterocycles. The summed E-state index contributed by atoms with van der Waals surface area (Å²) in [5.74, 6) is 0.933. The van der Waals surface area contributed by atoms with Gasteiger partial charge in [-0.25, -0.2) is 13.1 Å². The van der Waals surface area contributed by atoms with Crippen molar-refractivity contribution in [3.63, 3.8) is 0 Å². The van der Waals surface area contributed by atoms with E-state index in [2.05, 4.69) is 48.0 Å². The van der Waals surface area contributed by atoms with Gasteiger partial charge in [0, 0.05) is 18.5 Å². The van der Waals surface area contributed by atoms with E-state index in [0.29, 0.717) is 12.2 Å². The largest absolute Gasteiger partial charge is 0.492 e. The molecular formula is C26H36N4O3S. The van der Waals surface area contributed by atoms with Crippen molar-refractivity contribution in [3.8, 4) is 5.75 Å². The fourth-order valence-electron chi connectivity index (χ4n) is 5.41. The van der Waals surface area contributed by atoms with E-state index in [1.807, 2.05) is 17.9 Å². The molecule has 4 rings (SSSR count). The summed E-state index contributed by atoms with van der Waals surface area (Å²) >= 11 is 0. The Morgan fingerprint density at radius 3 is 2.59 bits per heavy atom. The van der Waals surface area contributed by atoms with Crippen molar-refractivity contribution in [2.45, 2.75) is 57.4 Å². The Balaban J connectivity index is 1.61. The number of nitrogens with one attached hydrogen (secondary N) is 2. The van der Waals surface area contributed by atoms with Gasteiger partial charge in [0.25, 0.3) is 0 Å². The first kappa shape index (κ1) is 24.5. The third kappa shape index (κ3) is 4.93. The molecule has 1 unspecified atom stereocenters. The summed E-state index contributed by atoms with van der Waals surface area (Å²) in [5.41, 5.74) is 11.0. The topological polar surface area (TPSA) is 109 Å². The molecule has 34 heavy (non-hydrogen) atoms. The molecule has 1 aliphatic carbocycles. The minimum absolute atomic E-state index is 0.0307. The van der Waals surface area contributed by atoms with Gasteiger partial charge >= 0.3 is 0 Å². The molecule has 1 saturated carbocycles. The summed E-state index contributed by atoms with van der Waals surface area (Å²) in [5, 5.41) is 8.33. The lowest BCUT2D eigenvalue weighted by atomic mass is 9.57. The number of hydrogen-bond donors (Lipinski definition) is 3. The Morgan fingerprint density at radius 2 is 1.97 bits per heavy atom. The number of fused-ring (bicyclic) bond motifs is 1. The summed E-state index contributed by atoms with van der Waals surface area (Å²) in [7, 11) is -3.25. The first-order valence-electron chi connectivity index (χ1n) is 12.2. The lowest BCUT2D eigenvalue weighted by molar-refractivity contribution is 0.0981. The van der Waals surface area contributed by atoms with Crippen molar-refractivity contribution < 1.29 is 13.2 Å². The second kappa shape index (κ2) is 9.96. The summed E-state index contributed by atoms with van der Waals surface area (Å²) in [4.78, 5) is 2.05. The molecule has 7 nitrogen and oxygen atoms in total. The normalized spacial score (nSPS) is 19.2. The number of ether oxygens (including phenoxy) is 1. The van der Waals surface area contributed by atoms with Crippen molar-refractivity contribution in [2.75, 3.05) is 25.4 Å². The lowest BCUT2D eigenvalue weighted by Crippen LogP contribution is -2.54. The summed E-state index contributed by atoms with van der Waals surface area (Å²) in [6.07, 6.45) is 4.66. The summed E-state index contributed by atoms with van der Waals surface area (Å²) in [6.45, 7) is 5.15. The van der Waals surface area contributed by atoms with Gasteiger partial charge in [0.15, 0.2) is 5.96 Å². The smallest absolute Gasteiger partial charge is 0.211 e. The lowest BCUT2D eigenvalue weighted by Gasteiger charge is -2.54. The number of nitrogens with two attached hydrogens (primary N) is 1. The summed E-state index contributed by atoms with van der Waals surface area (Å²) in [6, 6.07) is 14.9. The van der Waals surface area contributed by atoms with Crippen LogP contribution in [0.1, 0.15) is 60.9 Å². The Labute approximate surface area is 203 Å². The van der Waals surface area contributed by atoms with E-state index >= 15 is 0 Å². The molecule has 0 spiro atoms. The molecule has 0 aromatic heterocycles. The molecule has 2 aromatic carbocycles. The number of sulfonamides is 1. The number of rotatable bonds is 9. The monoisotopic (exact) mass is 484 g/mol. The highest BCUT2D eigenvalue weighted by atomic mass is 32.2. The maximum atomic E-state index is 11.9. The van der Waals surface area contributed by atoms with Gasteiger partial charge in [-0.3, -0.25) is 5.41 Å². The Kier molecular flexibility index (Phi) is 7.19. The van der Waals surface area contributed by atoms with Gasteiger partial charge in [-0.05, 0) is 61.4 Å². The Morgan fingerprint density at radius 1 is 1.24 bits per heavy atom. The molecule has 2 aliphatic rings. The predicted octanol–water partition coefficient (Wildman–Crippen LogP) is 3.62. The first-order chi connectivity index (χ1) is 16.3. The van der Waals surface area contributed by atoms with Gasteiger partial charge in [0.1, 0.15) is 12.4 Å². The van der Waals surface area contributed by atoms with Crippen LogP contribution in [0.5, 0.6) is 5.75 Å². The van der Waals surface area contributed by atoms with Crippen molar-refractivity contribution >= 4 is 16.0 Å². The van der Waals surface area contributed by atoms with E-state index in [1.54, 1.807) is 0 Å². The summed E-state index contributed by atoms with van der Waals surface area (Å²) < 4.78 is 32.3. The van der Waals surface area contributed by atoms with Crippen LogP contribution in [0.15, 0.2) is 42.5 Å². The minimum Gasteiger partial charge on any atom is -0.492 e. The maximum absolute atomic E-state index is 11.9. The van der Waals surface area contributed by atoms with Crippen LogP contribution >= 0.6 is 0 Å². The number of nitrogens with zero attached hydrogens (tertiary/aromatic N) is 1. The van der Waals surface area contributed by atoms with Crippen molar-refractivity contribution in [3.05, 3.63) is 64.7 Å². The number of hydrogen-bond acceptors (Lipinski definition) is 4. The van der Waals surface area contributed by atoms with Gasteiger partial charge in [-0.1, -0.05) is 49.2 Å². The standard InChI is InChI=1S/C26H36N4O3S/c1-3-17-34(31,32)29-14-16-33-22-10-7-20-11-15-30(25(27)28)24(23(20)18-22)26(12-4-13-26)21-8-5-19(2)6-9-21/h5-10,18,24,29H,3-4,11-17H2,1-2H3,(H3,27,28). The maximum Gasteiger partial charge on any atom is 0.211 e. The van der Waals surface area contributed by atoms with E-state index in [4.69, 9.17) is 15.9 Å². The van der Waals surface area contributed by atoms with Gasteiger partial charge in [-0.15, -0.1) is 0 Å². The van der Waals surface area contributed by atoms with Gasteiger partial charge in [-0.2, -0.15) is 0 Å². The molecule has 0 bridgehead atoms. The molecule has 0 radical (unpaired) electrons. The van der Waals surface area contributed by atoms with Crippen LogP contribution in [0.4, 0.5) is 0 Å². The van der Waals surface area contributed by atoms with Gasteiger partial charge < -0.3 is 15.4 Å². The third-order valence-corrected chi connectivity index (χ3v) is 8.81. The van der Waals surface area contributed by atoms with Crippen LogP contribution in [-0.2, 0) is 21.9 Å². The van der Waals surface area contributed by atoms with Crippen molar-refractivity contribution in [1.82, 2.24) is 9.62 Å². The second-order valence-corrected chi connectivity index (χ2v) is 11.5. The fourth-order valence-corrected chi connectivity index (χ4v) is 6.48. The molecule has 184 valence electrons.